The summed E-state index contributed by atoms with van der Waals surface area (Å²) in [6.07, 6.45) is 5.93. The first kappa shape index (κ1) is 25.0. The van der Waals surface area contributed by atoms with Gasteiger partial charge in [-0.15, -0.1) is 0 Å². The van der Waals surface area contributed by atoms with E-state index >= 15 is 0 Å². The van der Waals surface area contributed by atoms with E-state index in [0.717, 1.165) is 44.2 Å². The lowest BCUT2D eigenvalue weighted by Gasteiger charge is -2.35. The van der Waals surface area contributed by atoms with Crippen LogP contribution < -0.4 is 11.2 Å². The van der Waals surface area contributed by atoms with Crippen molar-refractivity contribution in [2.75, 3.05) is 25.6 Å². The number of ether oxygens (including phenoxy) is 4. The van der Waals surface area contributed by atoms with Gasteiger partial charge in [-0.2, -0.15) is 5.10 Å². The number of hydrogen-bond acceptors (Lipinski definition) is 7. The van der Waals surface area contributed by atoms with Gasteiger partial charge in [0.15, 0.2) is 12.1 Å². The van der Waals surface area contributed by atoms with Crippen LogP contribution in [0.15, 0.2) is 12.4 Å². The summed E-state index contributed by atoms with van der Waals surface area (Å²) in [6.45, 7) is 10.3. The Bertz CT molecular complexity index is 864. The van der Waals surface area contributed by atoms with Crippen LogP contribution in [0.4, 0.5) is 5.82 Å². The first-order chi connectivity index (χ1) is 15.5. The Hall–Kier alpha value is -1.68. The molecule has 1 aliphatic rings. The average molecular weight is 444 g/mol. The van der Waals surface area contributed by atoms with Crippen LogP contribution in [0.3, 0.4) is 0 Å². The minimum Gasteiger partial charge on any atom is -0.382 e. The number of aromatic nitrogens is 3. The van der Waals surface area contributed by atoms with E-state index in [1.807, 2.05) is 13.0 Å². The lowest BCUT2D eigenvalue weighted by molar-refractivity contribution is -0.184. The number of nitrogens with two attached hydrogens (primary N) is 1. The number of rotatable bonds is 13. The Morgan fingerprint density at radius 2 is 1.75 bits per heavy atom. The predicted molar refractivity (Wildman–Crippen MR) is 125 cm³/mol. The Kier molecular flexibility index (Phi) is 8.93. The van der Waals surface area contributed by atoms with Crippen LogP contribution >= 0.6 is 0 Å². The molecule has 0 bridgehead atoms. The van der Waals surface area contributed by atoms with Crippen LogP contribution in [0, 0.1) is 0 Å². The molecule has 1 fully saturated rings. The Morgan fingerprint density at radius 3 is 2.44 bits per heavy atom. The molecule has 3 heterocycles. The minimum absolute atomic E-state index is 0.321. The third kappa shape index (κ3) is 5.11. The molecule has 0 saturated carbocycles. The summed E-state index contributed by atoms with van der Waals surface area (Å²) in [5.41, 5.74) is 7.10. The number of unbranched alkanes of at least 4 members (excludes halogenated alkanes) is 3. The van der Waals surface area contributed by atoms with Gasteiger partial charge in [-0.25, -0.2) is 9.50 Å². The van der Waals surface area contributed by atoms with Crippen molar-refractivity contribution < 1.29 is 18.9 Å². The summed E-state index contributed by atoms with van der Waals surface area (Å²) < 4.78 is 27.2. The molecule has 1 unspecified atom stereocenters. The van der Waals surface area contributed by atoms with E-state index in [9.17, 15) is 0 Å². The maximum Gasteiger partial charge on any atom is 0.187 e. The summed E-state index contributed by atoms with van der Waals surface area (Å²) in [5, 5.41) is 4.40. The van der Waals surface area contributed by atoms with Gasteiger partial charge in [0.25, 0.3) is 0 Å². The Morgan fingerprint density at radius 1 is 1.09 bits per heavy atom. The monoisotopic (exact) mass is 444 g/mol. The molecule has 176 valence electrons. The van der Waals surface area contributed by atoms with E-state index in [-0.39, 0.29) is 0 Å². The van der Waals surface area contributed by atoms with Crippen molar-refractivity contribution in [2.45, 2.75) is 90.3 Å². The third-order valence-corrected chi connectivity index (χ3v) is 6.00. The smallest absolute Gasteiger partial charge is 0.187 e. The Balaban J connectivity index is 2.00. The van der Waals surface area contributed by atoms with Crippen LogP contribution in [0.2, 0.25) is 0 Å². The first-order valence-corrected chi connectivity index (χ1v) is 11.9. The fourth-order valence-corrected chi connectivity index (χ4v) is 4.10. The molecular formula is C23H37BN4O4. The van der Waals surface area contributed by atoms with Gasteiger partial charge in [-0.3, -0.25) is 0 Å². The van der Waals surface area contributed by atoms with Crippen molar-refractivity contribution in [2.24, 2.45) is 0 Å². The van der Waals surface area contributed by atoms with Crippen molar-refractivity contribution in [1.29, 1.82) is 0 Å². The summed E-state index contributed by atoms with van der Waals surface area (Å²) >= 11 is 0. The zero-order valence-corrected chi connectivity index (χ0v) is 19.9. The van der Waals surface area contributed by atoms with Gasteiger partial charge >= 0.3 is 0 Å². The number of anilines is 1. The van der Waals surface area contributed by atoms with Crippen molar-refractivity contribution >= 4 is 24.6 Å². The van der Waals surface area contributed by atoms with Crippen molar-refractivity contribution in [3.8, 4) is 0 Å². The van der Waals surface area contributed by atoms with Gasteiger partial charge in [0.1, 0.15) is 37.5 Å². The number of fused-ring (bicyclic) bond motifs is 1. The summed E-state index contributed by atoms with van der Waals surface area (Å²) in [4.78, 5) is 4.08. The highest BCUT2D eigenvalue weighted by atomic mass is 16.7. The van der Waals surface area contributed by atoms with Crippen LogP contribution in [0.25, 0.3) is 5.52 Å². The van der Waals surface area contributed by atoms with Gasteiger partial charge in [-0.05, 0) is 32.3 Å². The quantitative estimate of drug-likeness (QED) is 0.375. The lowest BCUT2D eigenvalue weighted by atomic mass is 9.90. The molecule has 1 saturated heterocycles. The van der Waals surface area contributed by atoms with Gasteiger partial charge in [0.05, 0.1) is 5.69 Å². The maximum absolute atomic E-state index is 6.51. The first-order valence-electron chi connectivity index (χ1n) is 11.9. The molecule has 9 heteroatoms. The van der Waals surface area contributed by atoms with Crippen LogP contribution in [0.1, 0.15) is 78.0 Å². The maximum atomic E-state index is 6.51. The number of nitrogen functional groups attached to an aromatic ring is 1. The van der Waals surface area contributed by atoms with E-state index in [4.69, 9.17) is 32.5 Å². The van der Waals surface area contributed by atoms with E-state index in [2.05, 4.69) is 30.9 Å². The highest BCUT2D eigenvalue weighted by molar-refractivity contribution is 6.37. The molecule has 32 heavy (non-hydrogen) atoms. The molecule has 2 aromatic heterocycles. The molecule has 0 spiro atoms. The fourth-order valence-electron chi connectivity index (χ4n) is 4.10. The van der Waals surface area contributed by atoms with Crippen molar-refractivity contribution in [3.05, 3.63) is 18.1 Å². The van der Waals surface area contributed by atoms with Crippen LogP contribution in [-0.4, -0.2) is 60.3 Å². The van der Waals surface area contributed by atoms with E-state index in [1.165, 1.54) is 6.33 Å². The predicted octanol–water partition coefficient (Wildman–Crippen LogP) is 3.08. The number of hydrogen-bond donors (Lipinski definition) is 1. The van der Waals surface area contributed by atoms with Crippen molar-refractivity contribution in [1.82, 2.24) is 14.6 Å². The Labute approximate surface area is 192 Å². The topological polar surface area (TPSA) is 93.1 Å². The molecule has 8 nitrogen and oxygen atoms in total. The lowest BCUT2D eigenvalue weighted by Crippen LogP contribution is -2.47. The van der Waals surface area contributed by atoms with Gasteiger partial charge in [0.2, 0.25) is 0 Å². The second-order valence-corrected chi connectivity index (χ2v) is 8.57. The zero-order chi connectivity index (χ0) is 23.1. The van der Waals surface area contributed by atoms with Gasteiger partial charge < -0.3 is 24.7 Å². The fraction of sp³-hybridized carbons (Fsp3) is 0.739. The highest BCUT2D eigenvalue weighted by Gasteiger charge is 2.57. The molecule has 2 aromatic rings. The van der Waals surface area contributed by atoms with Crippen molar-refractivity contribution in [3.63, 3.8) is 0 Å². The molecule has 4 atom stereocenters. The van der Waals surface area contributed by atoms with E-state index < -0.39 is 24.1 Å². The molecular weight excluding hydrogens is 407 g/mol. The summed E-state index contributed by atoms with van der Waals surface area (Å²) in [7, 11) is 6.28. The molecule has 2 radical (unpaired) electrons. The molecule has 0 amide bonds. The van der Waals surface area contributed by atoms with Gasteiger partial charge in [-0.1, -0.05) is 45.5 Å². The van der Waals surface area contributed by atoms with E-state index in [1.54, 1.807) is 4.52 Å². The second-order valence-electron chi connectivity index (χ2n) is 8.57. The molecule has 2 N–H and O–H groups in total. The normalized spacial score (nSPS) is 25.7. The number of nitrogens with zero attached hydrogens (tertiary/aromatic N) is 3. The standard InChI is InChI=1S/C23H37BN4O4/c1-5-8-11-29-20-22(30-12-9-6-2)32-19(23(20,4)31-13-10-7-3)17-14-16(24)18-21(25)26-15-27-28(17)18/h14-15,19-20,22H,5-13H2,1-4H3,(H2,25,26,27)/t19-,20+,22?,23-/m0/s1. The van der Waals surface area contributed by atoms with Crippen LogP contribution in [0.5, 0.6) is 0 Å². The third-order valence-electron chi connectivity index (χ3n) is 6.00. The summed E-state index contributed by atoms with van der Waals surface area (Å²) in [6, 6.07) is 1.84. The summed E-state index contributed by atoms with van der Waals surface area (Å²) in [5.74, 6) is 0.321. The van der Waals surface area contributed by atoms with E-state index in [0.29, 0.717) is 36.6 Å². The SMILES string of the molecule is [B]c1cc([C@@H]2OC(OCCCC)[C@@H](OCCCC)[C@@]2(C)OCCCC)n2ncnc(N)c12. The molecule has 0 aromatic carbocycles. The second kappa shape index (κ2) is 11.5. The molecule has 0 aliphatic carbocycles. The largest absolute Gasteiger partial charge is 0.382 e. The van der Waals surface area contributed by atoms with Crippen LogP contribution in [-0.2, 0) is 18.9 Å². The highest BCUT2D eigenvalue weighted by Crippen LogP contribution is 2.46. The average Bonchev–Trinajstić information content (AvgIpc) is 3.24. The van der Waals surface area contributed by atoms with Gasteiger partial charge in [0, 0.05) is 19.8 Å². The zero-order valence-electron chi connectivity index (χ0n) is 19.9. The molecule has 3 rings (SSSR count). The minimum atomic E-state index is -0.791. The molecule has 1 aliphatic heterocycles.